The quantitative estimate of drug-likeness (QED) is 0.713. The number of rotatable bonds is 5. The Balaban J connectivity index is 1.65. The number of nitrogens with zero attached hydrogens (tertiary/aromatic N) is 2. The fourth-order valence-electron chi connectivity index (χ4n) is 2.17. The number of pyridine rings is 1. The van der Waals surface area contributed by atoms with Crippen molar-refractivity contribution in [3.8, 4) is 10.7 Å². The van der Waals surface area contributed by atoms with Gasteiger partial charge >= 0.3 is 5.97 Å². The first kappa shape index (κ1) is 16.8. The Hall–Kier alpha value is -3.06. The number of hydrogen-bond acceptors (Lipinski definition) is 6. The highest BCUT2D eigenvalue weighted by Crippen LogP contribution is 2.21. The van der Waals surface area contributed by atoms with Gasteiger partial charge in [-0.05, 0) is 30.3 Å². The van der Waals surface area contributed by atoms with E-state index in [0.717, 1.165) is 16.4 Å². The normalized spacial score (nSPS) is 10.3. The maximum atomic E-state index is 12.3. The molecular formula is C18H15N3O3S. The van der Waals surface area contributed by atoms with Crippen LogP contribution in [0.1, 0.15) is 26.4 Å². The van der Waals surface area contributed by atoms with Crippen LogP contribution in [0.3, 0.4) is 0 Å². The molecule has 3 rings (SSSR count). The summed E-state index contributed by atoms with van der Waals surface area (Å²) in [5.41, 5.74) is 2.28. The number of thiazole rings is 1. The summed E-state index contributed by atoms with van der Waals surface area (Å²) < 4.78 is 4.66. The maximum Gasteiger partial charge on any atom is 0.337 e. The number of aromatic nitrogens is 2. The van der Waals surface area contributed by atoms with Crippen LogP contribution in [0, 0.1) is 0 Å². The van der Waals surface area contributed by atoms with Crippen molar-refractivity contribution in [2.75, 3.05) is 7.11 Å². The van der Waals surface area contributed by atoms with Crippen molar-refractivity contribution in [1.29, 1.82) is 0 Å². The van der Waals surface area contributed by atoms with Crippen LogP contribution in [-0.2, 0) is 11.3 Å². The minimum absolute atomic E-state index is 0.280. The van der Waals surface area contributed by atoms with Crippen molar-refractivity contribution in [3.05, 3.63) is 70.9 Å². The predicted molar refractivity (Wildman–Crippen MR) is 94.3 cm³/mol. The lowest BCUT2D eigenvalue weighted by Gasteiger charge is -2.05. The van der Waals surface area contributed by atoms with Gasteiger partial charge in [0.05, 0.1) is 30.6 Å². The molecule has 0 unspecified atom stereocenters. The fourth-order valence-corrected chi connectivity index (χ4v) is 2.97. The van der Waals surface area contributed by atoms with Gasteiger partial charge in [-0.3, -0.25) is 9.78 Å². The summed E-state index contributed by atoms with van der Waals surface area (Å²) in [7, 11) is 1.30. The smallest absolute Gasteiger partial charge is 0.337 e. The van der Waals surface area contributed by atoms with E-state index in [1.54, 1.807) is 24.4 Å². The lowest BCUT2D eigenvalue weighted by Crippen LogP contribution is -2.23. The monoisotopic (exact) mass is 353 g/mol. The number of amides is 1. The third-order valence-corrected chi connectivity index (χ3v) is 4.33. The molecule has 0 saturated carbocycles. The molecule has 1 aromatic carbocycles. The zero-order valence-corrected chi connectivity index (χ0v) is 14.2. The summed E-state index contributed by atoms with van der Waals surface area (Å²) in [5.74, 6) is -0.757. The van der Waals surface area contributed by atoms with Gasteiger partial charge in [0.25, 0.3) is 5.91 Å². The molecule has 3 aromatic rings. The summed E-state index contributed by atoms with van der Waals surface area (Å²) in [6, 6.07) is 12.0. The van der Waals surface area contributed by atoms with E-state index in [9.17, 15) is 9.59 Å². The molecule has 0 fully saturated rings. The average molecular weight is 353 g/mol. The van der Waals surface area contributed by atoms with Gasteiger partial charge in [0.1, 0.15) is 5.01 Å². The Labute approximate surface area is 148 Å². The van der Waals surface area contributed by atoms with Gasteiger partial charge in [-0.15, -0.1) is 11.3 Å². The number of methoxy groups -OCH3 is 1. The molecule has 0 aliphatic rings. The number of hydrogen-bond donors (Lipinski definition) is 1. The zero-order chi connectivity index (χ0) is 17.6. The first-order valence-electron chi connectivity index (χ1n) is 7.50. The standard InChI is InChI=1S/C18H15N3O3S/c1-24-18(23)13-6-4-5-12(9-13)16(22)20-10-14-11-25-17(21-14)15-7-2-3-8-19-15/h2-9,11H,10H2,1H3,(H,20,22). The molecule has 0 radical (unpaired) electrons. The first-order chi connectivity index (χ1) is 12.2. The lowest BCUT2D eigenvalue weighted by atomic mass is 10.1. The number of esters is 1. The van der Waals surface area contributed by atoms with Gasteiger partial charge in [0.2, 0.25) is 0 Å². The number of carbonyl (C=O) groups excluding carboxylic acids is 2. The second-order valence-corrected chi connectivity index (χ2v) is 5.97. The van der Waals surface area contributed by atoms with Gasteiger partial charge in [-0.25, -0.2) is 9.78 Å². The molecule has 7 heteroatoms. The third kappa shape index (κ3) is 4.07. The lowest BCUT2D eigenvalue weighted by molar-refractivity contribution is 0.0600. The molecule has 2 aromatic heterocycles. The Morgan fingerprint density at radius 3 is 2.76 bits per heavy atom. The van der Waals surface area contributed by atoms with Crippen molar-refractivity contribution >= 4 is 23.2 Å². The van der Waals surface area contributed by atoms with Crippen LogP contribution in [0.4, 0.5) is 0 Å². The molecule has 6 nitrogen and oxygen atoms in total. The van der Waals surface area contributed by atoms with Crippen LogP contribution in [0.15, 0.2) is 54.0 Å². The molecule has 0 saturated heterocycles. The highest BCUT2D eigenvalue weighted by atomic mass is 32.1. The summed E-state index contributed by atoms with van der Waals surface area (Å²) in [5, 5.41) is 5.48. The minimum Gasteiger partial charge on any atom is -0.465 e. The van der Waals surface area contributed by atoms with E-state index in [2.05, 4.69) is 20.0 Å². The van der Waals surface area contributed by atoms with Crippen LogP contribution in [0.5, 0.6) is 0 Å². The molecule has 0 atom stereocenters. The summed E-state index contributed by atoms with van der Waals surface area (Å²) in [6.07, 6.45) is 1.71. The van der Waals surface area contributed by atoms with Gasteiger partial charge in [0, 0.05) is 17.1 Å². The number of nitrogens with one attached hydrogen (secondary N) is 1. The van der Waals surface area contributed by atoms with Crippen molar-refractivity contribution in [3.63, 3.8) is 0 Å². The summed E-state index contributed by atoms with van der Waals surface area (Å²) >= 11 is 1.47. The first-order valence-corrected chi connectivity index (χ1v) is 8.37. The van der Waals surface area contributed by atoms with E-state index >= 15 is 0 Å². The second kappa shape index (κ2) is 7.67. The third-order valence-electron chi connectivity index (χ3n) is 3.41. The molecule has 0 spiro atoms. The molecular weight excluding hydrogens is 338 g/mol. The SMILES string of the molecule is COC(=O)c1cccc(C(=O)NCc2csc(-c3ccccn3)n2)c1. The van der Waals surface area contributed by atoms with E-state index in [0.29, 0.717) is 17.7 Å². The van der Waals surface area contributed by atoms with E-state index in [4.69, 9.17) is 0 Å². The van der Waals surface area contributed by atoms with Crippen molar-refractivity contribution in [2.24, 2.45) is 0 Å². The van der Waals surface area contributed by atoms with Gasteiger partial charge < -0.3 is 10.1 Å². The fraction of sp³-hybridized carbons (Fsp3) is 0.111. The number of benzene rings is 1. The van der Waals surface area contributed by atoms with Gasteiger partial charge in [-0.1, -0.05) is 12.1 Å². The van der Waals surface area contributed by atoms with Gasteiger partial charge in [0.15, 0.2) is 0 Å². The van der Waals surface area contributed by atoms with Crippen molar-refractivity contribution in [2.45, 2.75) is 6.54 Å². The van der Waals surface area contributed by atoms with E-state index in [1.807, 2.05) is 23.6 Å². The molecule has 1 N–H and O–H groups in total. The Morgan fingerprint density at radius 2 is 2.00 bits per heavy atom. The van der Waals surface area contributed by atoms with Crippen LogP contribution in [0.2, 0.25) is 0 Å². The summed E-state index contributed by atoms with van der Waals surface area (Å²) in [4.78, 5) is 32.5. The van der Waals surface area contributed by atoms with Crippen LogP contribution >= 0.6 is 11.3 Å². The molecule has 126 valence electrons. The second-order valence-electron chi connectivity index (χ2n) is 5.11. The molecule has 1 amide bonds. The molecule has 2 heterocycles. The average Bonchev–Trinajstić information content (AvgIpc) is 3.15. The Morgan fingerprint density at radius 1 is 1.16 bits per heavy atom. The molecule has 0 aliphatic carbocycles. The number of carbonyl (C=O) groups is 2. The van der Waals surface area contributed by atoms with E-state index < -0.39 is 5.97 Å². The maximum absolute atomic E-state index is 12.3. The Kier molecular flexibility index (Phi) is 5.15. The molecule has 25 heavy (non-hydrogen) atoms. The predicted octanol–water partition coefficient (Wildman–Crippen LogP) is 2.92. The summed E-state index contributed by atoms with van der Waals surface area (Å²) in [6.45, 7) is 0.296. The van der Waals surface area contributed by atoms with Crippen molar-refractivity contribution < 1.29 is 14.3 Å². The molecule has 0 bridgehead atoms. The topological polar surface area (TPSA) is 81.2 Å². The van der Waals surface area contributed by atoms with E-state index in [1.165, 1.54) is 24.5 Å². The van der Waals surface area contributed by atoms with Crippen LogP contribution in [0.25, 0.3) is 10.7 Å². The van der Waals surface area contributed by atoms with Crippen molar-refractivity contribution in [1.82, 2.24) is 15.3 Å². The Bertz CT molecular complexity index is 893. The number of ether oxygens (including phenoxy) is 1. The molecule has 0 aliphatic heterocycles. The van der Waals surface area contributed by atoms with Crippen LogP contribution in [-0.4, -0.2) is 29.0 Å². The minimum atomic E-state index is -0.478. The highest BCUT2D eigenvalue weighted by Gasteiger charge is 2.11. The zero-order valence-electron chi connectivity index (χ0n) is 13.4. The van der Waals surface area contributed by atoms with Gasteiger partial charge in [-0.2, -0.15) is 0 Å². The highest BCUT2D eigenvalue weighted by molar-refractivity contribution is 7.13. The largest absolute Gasteiger partial charge is 0.465 e. The van der Waals surface area contributed by atoms with Crippen LogP contribution < -0.4 is 5.32 Å². The van der Waals surface area contributed by atoms with E-state index in [-0.39, 0.29) is 5.91 Å².